The van der Waals surface area contributed by atoms with Gasteiger partial charge < -0.3 is 4.74 Å². The molecule has 1 aromatic carbocycles. The first kappa shape index (κ1) is 15.2. The fraction of sp³-hybridized carbons (Fsp3) is 0.188. The minimum absolute atomic E-state index is 0.324. The molecule has 0 aliphatic rings. The molecular formula is C16H15N3O3S. The van der Waals surface area contributed by atoms with Crippen molar-refractivity contribution in [1.82, 2.24) is 9.66 Å². The molecule has 1 amide bonds. The lowest BCUT2D eigenvalue weighted by Crippen LogP contribution is -2.24. The number of nitrogens with zero attached hydrogens (tertiary/aromatic N) is 2. The molecule has 0 unspecified atom stereocenters. The number of thiazole rings is 1. The summed E-state index contributed by atoms with van der Waals surface area (Å²) in [5, 5.41) is 3.25. The van der Waals surface area contributed by atoms with E-state index in [1.807, 2.05) is 31.2 Å². The van der Waals surface area contributed by atoms with Crippen molar-refractivity contribution in [1.29, 1.82) is 0 Å². The Balaban J connectivity index is 2.09. The first-order valence-corrected chi connectivity index (χ1v) is 7.82. The number of fused-ring (bicyclic) bond motifs is 1. The van der Waals surface area contributed by atoms with Gasteiger partial charge in [-0.3, -0.25) is 14.9 Å². The Labute approximate surface area is 136 Å². The molecule has 3 aromatic rings. The third kappa shape index (κ3) is 2.59. The number of benzene rings is 1. The van der Waals surface area contributed by atoms with E-state index >= 15 is 0 Å². The highest BCUT2D eigenvalue weighted by molar-refractivity contribution is 7.09. The normalized spacial score (nSPS) is 10.7. The lowest BCUT2D eigenvalue weighted by molar-refractivity contribution is 0.0601. The van der Waals surface area contributed by atoms with E-state index in [0.29, 0.717) is 17.0 Å². The molecule has 2 aromatic heterocycles. The van der Waals surface area contributed by atoms with Crippen LogP contribution in [0.1, 0.15) is 31.5 Å². The largest absolute Gasteiger partial charge is 0.465 e. The molecule has 7 heteroatoms. The number of rotatable bonds is 3. The van der Waals surface area contributed by atoms with Crippen molar-refractivity contribution < 1.29 is 14.3 Å². The number of carbonyl (C=O) groups is 2. The topological polar surface area (TPSA) is 73.2 Å². The fourth-order valence-corrected chi connectivity index (χ4v) is 3.09. The number of methoxy groups -OCH3 is 1. The molecule has 3 rings (SSSR count). The number of hydrogen-bond acceptors (Lipinski definition) is 5. The summed E-state index contributed by atoms with van der Waals surface area (Å²) in [6.07, 6.45) is 0. The molecule has 0 aliphatic carbocycles. The Hall–Kier alpha value is -2.67. The molecule has 0 bridgehead atoms. The molecule has 0 atom stereocenters. The van der Waals surface area contributed by atoms with Crippen LogP contribution in [0.15, 0.2) is 29.6 Å². The number of nitrogens with one attached hydrogen (secondary N) is 1. The number of aryl methyl sites for hydroxylation is 1. The van der Waals surface area contributed by atoms with Crippen molar-refractivity contribution in [2.45, 2.75) is 13.8 Å². The highest BCUT2D eigenvalue weighted by atomic mass is 32.1. The van der Waals surface area contributed by atoms with Gasteiger partial charge in [0.1, 0.15) is 5.69 Å². The highest BCUT2D eigenvalue weighted by Crippen LogP contribution is 2.25. The second-order valence-electron chi connectivity index (χ2n) is 5.00. The molecule has 2 heterocycles. The number of hydrogen-bond donors (Lipinski definition) is 1. The highest BCUT2D eigenvalue weighted by Gasteiger charge is 2.22. The average molecular weight is 329 g/mol. The summed E-state index contributed by atoms with van der Waals surface area (Å²) in [4.78, 5) is 28.6. The van der Waals surface area contributed by atoms with Crippen LogP contribution in [0, 0.1) is 13.8 Å². The predicted octanol–water partition coefficient (Wildman–Crippen LogP) is 2.89. The molecule has 0 fully saturated rings. The zero-order valence-electron chi connectivity index (χ0n) is 12.9. The number of carbonyl (C=O) groups excluding carboxylic acids is 2. The average Bonchev–Trinajstić information content (AvgIpc) is 3.09. The van der Waals surface area contributed by atoms with Gasteiger partial charge in [0.05, 0.1) is 28.9 Å². The second-order valence-corrected chi connectivity index (χ2v) is 6.06. The number of ether oxygens (including phenoxy) is 1. The number of aromatic nitrogens is 2. The Morgan fingerprint density at radius 1 is 1.26 bits per heavy atom. The molecular weight excluding hydrogens is 314 g/mol. The van der Waals surface area contributed by atoms with Gasteiger partial charge in [-0.15, -0.1) is 11.3 Å². The van der Waals surface area contributed by atoms with Gasteiger partial charge in [-0.2, -0.15) is 0 Å². The van der Waals surface area contributed by atoms with Crippen LogP contribution in [0.4, 0.5) is 0 Å². The summed E-state index contributed by atoms with van der Waals surface area (Å²) >= 11 is 1.41. The van der Waals surface area contributed by atoms with Gasteiger partial charge in [0, 0.05) is 10.8 Å². The van der Waals surface area contributed by atoms with Crippen LogP contribution in [-0.4, -0.2) is 28.6 Å². The maximum Gasteiger partial charge on any atom is 0.340 e. The molecule has 0 aliphatic heterocycles. The van der Waals surface area contributed by atoms with E-state index in [1.54, 1.807) is 17.0 Å². The minimum Gasteiger partial charge on any atom is -0.465 e. The van der Waals surface area contributed by atoms with Crippen LogP contribution in [-0.2, 0) is 4.74 Å². The van der Waals surface area contributed by atoms with E-state index in [2.05, 4.69) is 10.4 Å². The molecule has 0 spiro atoms. The van der Waals surface area contributed by atoms with Crippen molar-refractivity contribution in [3.63, 3.8) is 0 Å². The smallest absolute Gasteiger partial charge is 0.340 e. The Bertz CT molecular complexity index is 911. The first-order valence-electron chi connectivity index (χ1n) is 6.94. The monoisotopic (exact) mass is 329 g/mol. The van der Waals surface area contributed by atoms with Gasteiger partial charge in [0.25, 0.3) is 5.91 Å². The molecule has 6 nitrogen and oxygen atoms in total. The zero-order valence-corrected chi connectivity index (χ0v) is 13.7. The summed E-state index contributed by atoms with van der Waals surface area (Å²) in [5.41, 5.74) is 4.93. The quantitative estimate of drug-likeness (QED) is 0.750. The summed E-state index contributed by atoms with van der Waals surface area (Å²) in [6.45, 7) is 3.60. The van der Waals surface area contributed by atoms with Gasteiger partial charge in [0.2, 0.25) is 0 Å². The van der Waals surface area contributed by atoms with Crippen LogP contribution in [0.25, 0.3) is 10.9 Å². The number of para-hydroxylation sites is 1. The van der Waals surface area contributed by atoms with Crippen molar-refractivity contribution in [2.24, 2.45) is 0 Å². The molecule has 0 saturated heterocycles. The van der Waals surface area contributed by atoms with Crippen LogP contribution in [0.2, 0.25) is 0 Å². The SMILES string of the molecule is COC(=O)c1c(C)n(NC(=O)c2csc(C)n2)c2ccccc12. The molecule has 23 heavy (non-hydrogen) atoms. The summed E-state index contributed by atoms with van der Waals surface area (Å²) in [6, 6.07) is 7.34. The van der Waals surface area contributed by atoms with E-state index in [1.165, 1.54) is 18.4 Å². The number of esters is 1. The fourth-order valence-electron chi connectivity index (χ4n) is 2.50. The van der Waals surface area contributed by atoms with Gasteiger partial charge >= 0.3 is 5.97 Å². The number of amides is 1. The van der Waals surface area contributed by atoms with Crippen molar-refractivity contribution in [3.8, 4) is 0 Å². The molecule has 1 N–H and O–H groups in total. The maximum absolute atomic E-state index is 12.4. The van der Waals surface area contributed by atoms with Gasteiger partial charge in [0.15, 0.2) is 0 Å². The first-order chi connectivity index (χ1) is 11.0. The van der Waals surface area contributed by atoms with Crippen LogP contribution < -0.4 is 5.43 Å². The van der Waals surface area contributed by atoms with Gasteiger partial charge in [-0.1, -0.05) is 18.2 Å². The predicted molar refractivity (Wildman–Crippen MR) is 88.6 cm³/mol. The lowest BCUT2D eigenvalue weighted by atomic mass is 10.1. The van der Waals surface area contributed by atoms with E-state index in [0.717, 1.165) is 15.9 Å². The van der Waals surface area contributed by atoms with Crippen molar-refractivity contribution in [2.75, 3.05) is 12.5 Å². The summed E-state index contributed by atoms with van der Waals surface area (Å²) < 4.78 is 6.45. The standard InChI is InChI=1S/C16H15N3O3S/c1-9-14(16(21)22-3)11-6-4-5-7-13(11)19(9)18-15(20)12-8-23-10(2)17-12/h4-8H,1-3H3,(H,18,20). The van der Waals surface area contributed by atoms with E-state index in [-0.39, 0.29) is 5.91 Å². The van der Waals surface area contributed by atoms with Gasteiger partial charge in [-0.05, 0) is 19.9 Å². The van der Waals surface area contributed by atoms with Gasteiger partial charge in [-0.25, -0.2) is 9.78 Å². The third-order valence-corrected chi connectivity index (χ3v) is 4.34. The molecule has 118 valence electrons. The van der Waals surface area contributed by atoms with Crippen LogP contribution >= 0.6 is 11.3 Å². The Morgan fingerprint density at radius 2 is 2.00 bits per heavy atom. The van der Waals surface area contributed by atoms with E-state index in [9.17, 15) is 9.59 Å². The Morgan fingerprint density at radius 3 is 2.65 bits per heavy atom. The van der Waals surface area contributed by atoms with Crippen LogP contribution in [0.3, 0.4) is 0 Å². The summed E-state index contributed by atoms with van der Waals surface area (Å²) in [7, 11) is 1.34. The molecule has 0 radical (unpaired) electrons. The van der Waals surface area contributed by atoms with E-state index < -0.39 is 5.97 Å². The second kappa shape index (κ2) is 5.85. The zero-order chi connectivity index (χ0) is 16.6. The summed E-state index contributed by atoms with van der Waals surface area (Å²) in [5.74, 6) is -0.758. The molecule has 0 saturated carbocycles. The van der Waals surface area contributed by atoms with Crippen molar-refractivity contribution >= 4 is 34.1 Å². The maximum atomic E-state index is 12.4. The van der Waals surface area contributed by atoms with Crippen LogP contribution in [0.5, 0.6) is 0 Å². The Kier molecular flexibility index (Phi) is 3.87. The third-order valence-electron chi connectivity index (χ3n) is 3.57. The van der Waals surface area contributed by atoms with Crippen molar-refractivity contribution in [3.05, 3.63) is 51.6 Å². The minimum atomic E-state index is -0.434. The lowest BCUT2D eigenvalue weighted by Gasteiger charge is -2.09. The van der Waals surface area contributed by atoms with E-state index in [4.69, 9.17) is 4.74 Å².